The molecule has 1 rings (SSSR count). The molecule has 0 aromatic heterocycles. The van der Waals surface area contributed by atoms with Gasteiger partial charge in [0.2, 0.25) is 5.91 Å². The molecule has 2 amide bonds. The number of carbonyl (C=O) groups excluding carboxylic acids is 2. The molecule has 1 aromatic rings. The fourth-order valence-corrected chi connectivity index (χ4v) is 1.57. The molecule has 0 fully saturated rings. The first kappa shape index (κ1) is 14.5. The predicted molar refractivity (Wildman–Crippen MR) is 71.6 cm³/mol. The largest absolute Gasteiger partial charge is 0.355 e. The van der Waals surface area contributed by atoms with Crippen LogP contribution in [0.15, 0.2) is 24.3 Å². The Morgan fingerprint density at radius 1 is 1.22 bits per heavy atom. The Kier molecular flexibility index (Phi) is 6.22. The van der Waals surface area contributed by atoms with Gasteiger partial charge in [-0.25, -0.2) is 0 Å². The van der Waals surface area contributed by atoms with Crippen LogP contribution in [0.3, 0.4) is 0 Å². The minimum atomic E-state index is -0.118. The highest BCUT2D eigenvalue weighted by Crippen LogP contribution is 2.04. The van der Waals surface area contributed by atoms with Gasteiger partial charge in [0.1, 0.15) is 0 Å². The second-order valence-corrected chi connectivity index (χ2v) is 4.22. The van der Waals surface area contributed by atoms with E-state index in [1.54, 1.807) is 19.2 Å². The predicted octanol–water partition coefficient (Wildman–Crippen LogP) is 1.68. The second-order valence-electron chi connectivity index (χ2n) is 3.85. The van der Waals surface area contributed by atoms with Crippen molar-refractivity contribution in [1.82, 2.24) is 10.6 Å². The first-order chi connectivity index (χ1) is 8.67. The van der Waals surface area contributed by atoms with Crippen molar-refractivity contribution in [3.05, 3.63) is 35.4 Å². The fraction of sp³-hybridized carbons (Fsp3) is 0.385. The quantitative estimate of drug-likeness (QED) is 0.772. The van der Waals surface area contributed by atoms with Gasteiger partial charge in [-0.1, -0.05) is 12.1 Å². The van der Waals surface area contributed by atoms with Crippen LogP contribution in [-0.2, 0) is 11.3 Å². The van der Waals surface area contributed by atoms with E-state index in [1.165, 1.54) is 0 Å². The molecule has 1 aromatic carbocycles. The van der Waals surface area contributed by atoms with E-state index in [9.17, 15) is 9.59 Å². The van der Waals surface area contributed by atoms with E-state index in [0.717, 1.165) is 5.56 Å². The zero-order valence-corrected chi connectivity index (χ0v) is 11.1. The Morgan fingerprint density at radius 3 is 2.44 bits per heavy atom. The van der Waals surface area contributed by atoms with E-state index in [1.807, 2.05) is 12.1 Å². The van der Waals surface area contributed by atoms with Gasteiger partial charge in [-0.3, -0.25) is 9.59 Å². The van der Waals surface area contributed by atoms with Crippen molar-refractivity contribution in [3.8, 4) is 0 Å². The van der Waals surface area contributed by atoms with Gasteiger partial charge in [-0.2, -0.15) is 0 Å². The van der Waals surface area contributed by atoms with E-state index in [4.69, 9.17) is 11.6 Å². The van der Waals surface area contributed by atoms with Gasteiger partial charge in [0.05, 0.1) is 0 Å². The Bertz CT molecular complexity index is 404. The molecule has 98 valence electrons. The first-order valence-corrected chi connectivity index (χ1v) is 6.34. The number of halogens is 1. The van der Waals surface area contributed by atoms with Crippen molar-refractivity contribution >= 4 is 23.4 Å². The molecule has 5 heteroatoms. The topological polar surface area (TPSA) is 58.2 Å². The van der Waals surface area contributed by atoms with Crippen LogP contribution in [0.4, 0.5) is 0 Å². The summed E-state index contributed by atoms with van der Waals surface area (Å²) < 4.78 is 0. The lowest BCUT2D eigenvalue weighted by molar-refractivity contribution is -0.121. The van der Waals surface area contributed by atoms with Crippen LogP contribution in [0, 0.1) is 0 Å². The molecular formula is C13H17ClN2O2. The van der Waals surface area contributed by atoms with Gasteiger partial charge in [-0.15, -0.1) is 11.6 Å². The van der Waals surface area contributed by atoms with Crippen LogP contribution in [0.1, 0.15) is 28.8 Å². The number of nitrogens with one attached hydrogen (secondary N) is 2. The molecule has 0 heterocycles. The molecule has 0 aliphatic rings. The Morgan fingerprint density at radius 2 is 1.89 bits per heavy atom. The van der Waals surface area contributed by atoms with Gasteiger partial charge >= 0.3 is 0 Å². The molecular weight excluding hydrogens is 252 g/mol. The maximum Gasteiger partial charge on any atom is 0.251 e. The molecule has 18 heavy (non-hydrogen) atoms. The SMILES string of the molecule is CNC(=O)c1ccc(CNC(=O)CCCCl)cc1. The zero-order valence-electron chi connectivity index (χ0n) is 10.3. The van der Waals surface area contributed by atoms with Gasteiger partial charge in [-0.05, 0) is 24.1 Å². The summed E-state index contributed by atoms with van der Waals surface area (Å²) in [6.45, 7) is 0.467. The summed E-state index contributed by atoms with van der Waals surface area (Å²) in [5, 5.41) is 5.35. The highest BCUT2D eigenvalue weighted by atomic mass is 35.5. The molecule has 4 nitrogen and oxygen atoms in total. The molecule has 0 unspecified atom stereocenters. The number of amides is 2. The lowest BCUT2D eigenvalue weighted by Crippen LogP contribution is -2.22. The second kappa shape index (κ2) is 7.71. The molecule has 2 N–H and O–H groups in total. The van der Waals surface area contributed by atoms with Crippen molar-refractivity contribution in [2.75, 3.05) is 12.9 Å². The van der Waals surface area contributed by atoms with Crippen LogP contribution in [0.25, 0.3) is 0 Å². The third kappa shape index (κ3) is 4.75. The average Bonchev–Trinajstić information content (AvgIpc) is 2.42. The third-order valence-electron chi connectivity index (χ3n) is 2.47. The molecule has 0 atom stereocenters. The summed E-state index contributed by atoms with van der Waals surface area (Å²) in [7, 11) is 1.59. The van der Waals surface area contributed by atoms with Crippen molar-refractivity contribution in [2.45, 2.75) is 19.4 Å². The molecule has 0 aliphatic carbocycles. The molecule has 0 bridgehead atoms. The maximum atomic E-state index is 11.4. The van der Waals surface area contributed by atoms with E-state index in [0.29, 0.717) is 30.8 Å². The minimum Gasteiger partial charge on any atom is -0.355 e. The minimum absolute atomic E-state index is 0.00831. The van der Waals surface area contributed by atoms with E-state index < -0.39 is 0 Å². The molecule has 0 spiro atoms. The summed E-state index contributed by atoms with van der Waals surface area (Å²) in [5.74, 6) is 0.368. The van der Waals surface area contributed by atoms with Crippen LogP contribution >= 0.6 is 11.6 Å². The third-order valence-corrected chi connectivity index (χ3v) is 2.74. The number of benzene rings is 1. The summed E-state index contributed by atoms with van der Waals surface area (Å²) >= 11 is 5.51. The maximum absolute atomic E-state index is 11.4. The summed E-state index contributed by atoms with van der Waals surface area (Å²) in [6, 6.07) is 7.12. The zero-order chi connectivity index (χ0) is 13.4. The fourth-order valence-electron chi connectivity index (χ4n) is 1.43. The van der Waals surface area contributed by atoms with E-state index in [2.05, 4.69) is 10.6 Å². The Labute approximate surface area is 112 Å². The number of carbonyl (C=O) groups is 2. The smallest absolute Gasteiger partial charge is 0.251 e. The van der Waals surface area contributed by atoms with Crippen molar-refractivity contribution < 1.29 is 9.59 Å². The van der Waals surface area contributed by atoms with E-state index >= 15 is 0 Å². The normalized spacial score (nSPS) is 9.89. The van der Waals surface area contributed by atoms with Crippen LogP contribution in [0.5, 0.6) is 0 Å². The van der Waals surface area contributed by atoms with Crippen LogP contribution < -0.4 is 10.6 Å². The summed E-state index contributed by atoms with van der Waals surface area (Å²) in [6.07, 6.45) is 1.13. The summed E-state index contributed by atoms with van der Waals surface area (Å²) in [5.41, 5.74) is 1.57. The highest BCUT2D eigenvalue weighted by Gasteiger charge is 2.03. The van der Waals surface area contributed by atoms with Gasteiger partial charge in [0.15, 0.2) is 0 Å². The van der Waals surface area contributed by atoms with Crippen LogP contribution in [-0.4, -0.2) is 24.7 Å². The molecule has 0 saturated heterocycles. The highest BCUT2D eigenvalue weighted by molar-refractivity contribution is 6.17. The van der Waals surface area contributed by atoms with Crippen molar-refractivity contribution in [1.29, 1.82) is 0 Å². The van der Waals surface area contributed by atoms with Crippen molar-refractivity contribution in [2.24, 2.45) is 0 Å². The standard InChI is InChI=1S/C13H17ClN2O2/c1-15-13(18)11-6-4-10(5-7-11)9-16-12(17)3-2-8-14/h4-7H,2-3,8-9H2,1H3,(H,15,18)(H,16,17). The van der Waals surface area contributed by atoms with Crippen molar-refractivity contribution in [3.63, 3.8) is 0 Å². The number of hydrogen-bond acceptors (Lipinski definition) is 2. The number of hydrogen-bond donors (Lipinski definition) is 2. The molecule has 0 aliphatic heterocycles. The van der Waals surface area contributed by atoms with Gasteiger partial charge in [0.25, 0.3) is 5.91 Å². The van der Waals surface area contributed by atoms with Gasteiger partial charge in [0, 0.05) is 31.5 Å². The van der Waals surface area contributed by atoms with Gasteiger partial charge < -0.3 is 10.6 Å². The lowest BCUT2D eigenvalue weighted by Gasteiger charge is -2.05. The number of rotatable bonds is 6. The Hall–Kier alpha value is -1.55. The lowest BCUT2D eigenvalue weighted by atomic mass is 10.1. The Balaban J connectivity index is 2.44. The molecule has 0 radical (unpaired) electrons. The number of alkyl halides is 1. The van der Waals surface area contributed by atoms with Crippen LogP contribution in [0.2, 0.25) is 0 Å². The summed E-state index contributed by atoms with van der Waals surface area (Å²) in [4.78, 5) is 22.7. The first-order valence-electron chi connectivity index (χ1n) is 5.81. The molecule has 0 saturated carbocycles. The van der Waals surface area contributed by atoms with E-state index in [-0.39, 0.29) is 11.8 Å². The average molecular weight is 269 g/mol. The monoisotopic (exact) mass is 268 g/mol.